The van der Waals surface area contributed by atoms with Crippen LogP contribution in [-0.4, -0.2) is 56.6 Å². The van der Waals surface area contributed by atoms with Crippen LogP contribution in [0.4, 0.5) is 0 Å². The smallest absolute Gasteiger partial charge is 0.0109 e. The van der Waals surface area contributed by atoms with Gasteiger partial charge in [-0.05, 0) is 52.5 Å². The lowest BCUT2D eigenvalue weighted by atomic mass is 10.0. The highest BCUT2D eigenvalue weighted by Gasteiger charge is 2.08. The van der Waals surface area contributed by atoms with Crippen LogP contribution in [0.5, 0.6) is 0 Å². The molecule has 16 heavy (non-hydrogen) atoms. The summed E-state index contributed by atoms with van der Waals surface area (Å²) in [5.41, 5.74) is 5.74. The lowest BCUT2D eigenvalue weighted by Gasteiger charge is -2.25. The second-order valence-electron chi connectivity index (χ2n) is 4.94. The van der Waals surface area contributed by atoms with Crippen LogP contribution < -0.4 is 5.73 Å². The van der Waals surface area contributed by atoms with Gasteiger partial charge in [0.2, 0.25) is 0 Å². The van der Waals surface area contributed by atoms with E-state index in [0.29, 0.717) is 5.92 Å². The number of hydrogen-bond acceptors (Lipinski definition) is 3. The molecule has 0 radical (unpaired) electrons. The summed E-state index contributed by atoms with van der Waals surface area (Å²) < 4.78 is 0. The van der Waals surface area contributed by atoms with Gasteiger partial charge in [-0.2, -0.15) is 0 Å². The first-order valence-electron chi connectivity index (χ1n) is 6.71. The van der Waals surface area contributed by atoms with E-state index >= 15 is 0 Å². The van der Waals surface area contributed by atoms with Gasteiger partial charge in [0.1, 0.15) is 0 Å². The quantitative estimate of drug-likeness (QED) is 0.618. The Kier molecular flexibility index (Phi) is 9.99. The Hall–Kier alpha value is -0.120. The molecule has 1 atom stereocenters. The van der Waals surface area contributed by atoms with Crippen molar-refractivity contribution < 1.29 is 0 Å². The highest BCUT2D eigenvalue weighted by Crippen LogP contribution is 2.07. The fourth-order valence-corrected chi connectivity index (χ4v) is 1.85. The van der Waals surface area contributed by atoms with E-state index in [1.54, 1.807) is 0 Å². The zero-order valence-electron chi connectivity index (χ0n) is 11.7. The largest absolute Gasteiger partial charge is 0.330 e. The Balaban J connectivity index is 3.82. The number of rotatable bonds is 10. The minimum absolute atomic E-state index is 0.707. The minimum atomic E-state index is 0.707. The minimum Gasteiger partial charge on any atom is -0.330 e. The van der Waals surface area contributed by atoms with E-state index in [1.807, 2.05) is 0 Å². The molecular formula is C13H31N3. The fraction of sp³-hybridized carbons (Fsp3) is 1.00. The van der Waals surface area contributed by atoms with Crippen molar-refractivity contribution in [3.63, 3.8) is 0 Å². The maximum Gasteiger partial charge on any atom is 0.0109 e. The van der Waals surface area contributed by atoms with Gasteiger partial charge >= 0.3 is 0 Å². The van der Waals surface area contributed by atoms with Gasteiger partial charge in [0.15, 0.2) is 0 Å². The monoisotopic (exact) mass is 229 g/mol. The molecule has 0 aromatic heterocycles. The average molecular weight is 229 g/mol. The van der Waals surface area contributed by atoms with Crippen LogP contribution in [0, 0.1) is 5.92 Å². The molecule has 3 heteroatoms. The van der Waals surface area contributed by atoms with Crippen molar-refractivity contribution in [3.8, 4) is 0 Å². The van der Waals surface area contributed by atoms with Crippen LogP contribution in [0.15, 0.2) is 0 Å². The average Bonchev–Trinajstić information content (AvgIpc) is 2.26. The zero-order chi connectivity index (χ0) is 12.4. The van der Waals surface area contributed by atoms with Crippen molar-refractivity contribution >= 4 is 0 Å². The molecule has 0 amide bonds. The summed E-state index contributed by atoms with van der Waals surface area (Å²) in [6, 6.07) is 0. The maximum absolute atomic E-state index is 5.74. The summed E-state index contributed by atoms with van der Waals surface area (Å²) in [5, 5.41) is 0. The summed E-state index contributed by atoms with van der Waals surface area (Å²) in [7, 11) is 4.28. The topological polar surface area (TPSA) is 32.5 Å². The van der Waals surface area contributed by atoms with Gasteiger partial charge in [0.05, 0.1) is 0 Å². The van der Waals surface area contributed by atoms with Crippen LogP contribution in [0.2, 0.25) is 0 Å². The fourth-order valence-electron chi connectivity index (χ4n) is 1.85. The van der Waals surface area contributed by atoms with Crippen molar-refractivity contribution in [2.75, 3.05) is 46.8 Å². The molecule has 1 unspecified atom stereocenters. The lowest BCUT2D eigenvalue weighted by molar-refractivity contribution is 0.225. The van der Waals surface area contributed by atoms with Gasteiger partial charge in [-0.25, -0.2) is 0 Å². The summed E-state index contributed by atoms with van der Waals surface area (Å²) >= 11 is 0. The van der Waals surface area contributed by atoms with Crippen molar-refractivity contribution in [2.45, 2.75) is 33.1 Å². The first kappa shape index (κ1) is 15.9. The van der Waals surface area contributed by atoms with Crippen LogP contribution in [-0.2, 0) is 0 Å². The summed E-state index contributed by atoms with van der Waals surface area (Å²) in [5.74, 6) is 0.707. The van der Waals surface area contributed by atoms with E-state index in [4.69, 9.17) is 5.73 Å². The summed E-state index contributed by atoms with van der Waals surface area (Å²) in [4.78, 5) is 4.82. The van der Waals surface area contributed by atoms with Crippen molar-refractivity contribution in [1.29, 1.82) is 0 Å². The van der Waals surface area contributed by atoms with Crippen LogP contribution in [0.3, 0.4) is 0 Å². The molecule has 0 aliphatic carbocycles. The predicted octanol–water partition coefficient (Wildman–Crippen LogP) is 1.64. The van der Waals surface area contributed by atoms with E-state index in [1.165, 1.54) is 38.9 Å². The van der Waals surface area contributed by atoms with Gasteiger partial charge in [-0.1, -0.05) is 20.3 Å². The molecular weight excluding hydrogens is 198 g/mol. The van der Waals surface area contributed by atoms with Crippen molar-refractivity contribution in [3.05, 3.63) is 0 Å². The second kappa shape index (κ2) is 10.1. The molecule has 0 aromatic rings. The Morgan fingerprint density at radius 1 is 1.00 bits per heavy atom. The van der Waals surface area contributed by atoms with Gasteiger partial charge < -0.3 is 15.5 Å². The molecule has 98 valence electrons. The Labute approximate surface area is 102 Å². The normalized spacial score (nSPS) is 13.7. The number of hydrogen-bond donors (Lipinski definition) is 1. The second-order valence-corrected chi connectivity index (χ2v) is 4.94. The Bertz CT molecular complexity index is 144. The van der Waals surface area contributed by atoms with Gasteiger partial charge in [-0.15, -0.1) is 0 Å². The molecule has 0 spiro atoms. The van der Waals surface area contributed by atoms with E-state index in [2.05, 4.69) is 37.7 Å². The van der Waals surface area contributed by atoms with Crippen molar-refractivity contribution in [1.82, 2.24) is 9.80 Å². The third kappa shape index (κ3) is 8.08. The highest BCUT2D eigenvalue weighted by atomic mass is 15.2. The number of nitrogens with zero attached hydrogens (tertiary/aromatic N) is 2. The molecule has 0 bridgehead atoms. The van der Waals surface area contributed by atoms with Crippen molar-refractivity contribution in [2.24, 2.45) is 11.7 Å². The number of likely N-dealkylation sites (N-methyl/N-ethyl adjacent to an activating group) is 1. The highest BCUT2D eigenvalue weighted by molar-refractivity contribution is 4.64. The van der Waals surface area contributed by atoms with Gasteiger partial charge in [-0.3, -0.25) is 0 Å². The van der Waals surface area contributed by atoms with E-state index in [0.717, 1.165) is 13.1 Å². The molecule has 0 saturated heterocycles. The third-order valence-corrected chi connectivity index (χ3v) is 3.17. The molecule has 0 aliphatic heterocycles. The first-order valence-corrected chi connectivity index (χ1v) is 6.71. The molecule has 0 saturated carbocycles. The molecule has 0 rings (SSSR count). The predicted molar refractivity (Wildman–Crippen MR) is 72.7 cm³/mol. The zero-order valence-corrected chi connectivity index (χ0v) is 11.7. The molecule has 0 aromatic carbocycles. The SMILES string of the molecule is CCCN(CCC(CC)CN)CCN(C)C. The van der Waals surface area contributed by atoms with Crippen LogP contribution in [0.1, 0.15) is 33.1 Å². The molecule has 0 heterocycles. The Morgan fingerprint density at radius 2 is 1.69 bits per heavy atom. The standard InChI is InChI=1S/C13H31N3/c1-5-8-16(11-10-15(3)4)9-7-13(6-2)12-14/h13H,5-12,14H2,1-4H3. The van der Waals surface area contributed by atoms with Gasteiger partial charge in [0.25, 0.3) is 0 Å². The van der Waals surface area contributed by atoms with Crippen LogP contribution >= 0.6 is 0 Å². The molecule has 3 nitrogen and oxygen atoms in total. The first-order chi connectivity index (χ1) is 7.63. The molecule has 2 N–H and O–H groups in total. The van der Waals surface area contributed by atoms with Gasteiger partial charge in [0, 0.05) is 13.1 Å². The van der Waals surface area contributed by atoms with E-state index in [9.17, 15) is 0 Å². The number of nitrogens with two attached hydrogens (primary N) is 1. The molecule has 0 fully saturated rings. The lowest BCUT2D eigenvalue weighted by Crippen LogP contribution is -2.34. The Morgan fingerprint density at radius 3 is 2.12 bits per heavy atom. The molecule has 0 aliphatic rings. The van der Waals surface area contributed by atoms with E-state index in [-0.39, 0.29) is 0 Å². The summed E-state index contributed by atoms with van der Waals surface area (Å²) in [6.45, 7) is 10.1. The van der Waals surface area contributed by atoms with Crippen LogP contribution in [0.25, 0.3) is 0 Å². The van der Waals surface area contributed by atoms with E-state index < -0.39 is 0 Å². The maximum atomic E-state index is 5.74. The summed E-state index contributed by atoms with van der Waals surface area (Å²) in [6.07, 6.45) is 3.71. The third-order valence-electron chi connectivity index (χ3n) is 3.17.